The smallest absolute Gasteiger partial charge is 0.332 e. The molecular formula is C21H25N5O4S. The number of benzene rings is 1. The van der Waals surface area contributed by atoms with E-state index in [1.54, 1.807) is 19.2 Å². The number of thioether (sulfide) groups is 1. The Hall–Kier alpha value is -3.14. The van der Waals surface area contributed by atoms with Gasteiger partial charge in [0, 0.05) is 20.6 Å². The lowest BCUT2D eigenvalue weighted by molar-refractivity contribution is 0.102. The molecule has 1 aromatic carbocycles. The van der Waals surface area contributed by atoms with Crippen LogP contribution >= 0.6 is 11.8 Å². The van der Waals surface area contributed by atoms with Gasteiger partial charge in [0.15, 0.2) is 10.9 Å². The molecule has 2 aromatic heterocycles. The van der Waals surface area contributed by atoms with Crippen molar-refractivity contribution in [2.24, 2.45) is 20.0 Å². The second kappa shape index (κ2) is 8.54. The Labute approximate surface area is 182 Å². The number of Topliss-reactive ketones (excluding diaryl/α,β-unsaturated/α-hetero) is 1. The van der Waals surface area contributed by atoms with Gasteiger partial charge in [-0.05, 0) is 25.0 Å². The third kappa shape index (κ3) is 4.20. The first-order chi connectivity index (χ1) is 14.5. The summed E-state index contributed by atoms with van der Waals surface area (Å²) in [6.07, 6.45) is 0. The van der Waals surface area contributed by atoms with Crippen LogP contribution in [0.1, 0.15) is 29.8 Å². The van der Waals surface area contributed by atoms with Gasteiger partial charge < -0.3 is 5.73 Å². The lowest BCUT2D eigenvalue weighted by Crippen LogP contribution is -2.43. The molecule has 0 bridgehead atoms. The van der Waals surface area contributed by atoms with E-state index in [0.29, 0.717) is 16.1 Å². The van der Waals surface area contributed by atoms with E-state index in [9.17, 15) is 19.2 Å². The Morgan fingerprint density at radius 2 is 1.81 bits per heavy atom. The summed E-state index contributed by atoms with van der Waals surface area (Å²) in [5.74, 6) is -0.728. The van der Waals surface area contributed by atoms with Crippen molar-refractivity contribution in [3.8, 4) is 0 Å². The zero-order valence-corrected chi connectivity index (χ0v) is 18.9. The monoisotopic (exact) mass is 443 g/mol. The molecule has 0 radical (unpaired) electrons. The second-order valence-electron chi connectivity index (χ2n) is 7.90. The van der Waals surface area contributed by atoms with Gasteiger partial charge in [-0.2, -0.15) is 0 Å². The zero-order chi connectivity index (χ0) is 23.0. The fraction of sp³-hybridized carbons (Fsp3) is 0.381. The van der Waals surface area contributed by atoms with Crippen LogP contribution in [0.2, 0.25) is 0 Å². The fourth-order valence-electron chi connectivity index (χ4n) is 3.28. The van der Waals surface area contributed by atoms with Crippen LogP contribution in [0, 0.1) is 12.8 Å². The van der Waals surface area contributed by atoms with Gasteiger partial charge in [-0.25, -0.2) is 9.78 Å². The number of hydrogen-bond donors (Lipinski definition) is 1. The van der Waals surface area contributed by atoms with E-state index in [2.05, 4.69) is 4.98 Å². The maximum absolute atomic E-state index is 12.9. The molecule has 2 N–H and O–H groups in total. The van der Waals surface area contributed by atoms with Gasteiger partial charge in [0.2, 0.25) is 0 Å². The number of nitrogens with two attached hydrogens (primary N) is 1. The highest BCUT2D eigenvalue weighted by atomic mass is 32.2. The van der Waals surface area contributed by atoms with Gasteiger partial charge in [0.25, 0.3) is 11.1 Å². The van der Waals surface area contributed by atoms with Crippen LogP contribution in [0.3, 0.4) is 0 Å². The molecule has 3 aromatic rings. The highest BCUT2D eigenvalue weighted by Crippen LogP contribution is 2.20. The minimum atomic E-state index is -0.732. The van der Waals surface area contributed by atoms with Crippen LogP contribution in [0.25, 0.3) is 10.9 Å². The van der Waals surface area contributed by atoms with E-state index in [0.717, 1.165) is 21.9 Å². The first-order valence-electron chi connectivity index (χ1n) is 9.75. The normalized spacial score (nSPS) is 11.4. The average molecular weight is 444 g/mol. The van der Waals surface area contributed by atoms with Crippen molar-refractivity contribution >= 4 is 34.3 Å². The minimum absolute atomic E-state index is 0.0924. The first kappa shape index (κ1) is 22.5. The van der Waals surface area contributed by atoms with E-state index < -0.39 is 17.0 Å². The summed E-state index contributed by atoms with van der Waals surface area (Å²) in [5, 5.41) is 0.845. The van der Waals surface area contributed by atoms with Crippen molar-refractivity contribution in [1.29, 1.82) is 0 Å². The number of anilines is 1. The van der Waals surface area contributed by atoms with Crippen molar-refractivity contribution in [2.75, 3.05) is 11.5 Å². The summed E-state index contributed by atoms with van der Waals surface area (Å²) < 4.78 is 3.51. The number of aryl methyl sites for hydroxylation is 1. The molecule has 164 valence electrons. The predicted octanol–water partition coefficient (Wildman–Crippen LogP) is 1.32. The molecule has 0 saturated heterocycles. The number of carbonyl (C=O) groups is 1. The van der Waals surface area contributed by atoms with Gasteiger partial charge in [0.05, 0.1) is 16.7 Å². The highest BCUT2D eigenvalue weighted by molar-refractivity contribution is 7.99. The first-order valence-corrected chi connectivity index (χ1v) is 10.7. The number of rotatable bonds is 6. The zero-order valence-electron chi connectivity index (χ0n) is 18.1. The number of hydrogen-bond acceptors (Lipinski definition) is 7. The van der Waals surface area contributed by atoms with E-state index in [4.69, 9.17) is 5.73 Å². The van der Waals surface area contributed by atoms with E-state index in [-0.39, 0.29) is 35.2 Å². The van der Waals surface area contributed by atoms with Gasteiger partial charge in [-0.1, -0.05) is 37.2 Å². The average Bonchev–Trinajstić information content (AvgIpc) is 2.71. The molecule has 0 saturated carbocycles. The number of nitrogens with zero attached hydrogens (tertiary/aromatic N) is 4. The maximum Gasteiger partial charge on any atom is 0.332 e. The van der Waals surface area contributed by atoms with Crippen LogP contribution in [0.4, 0.5) is 5.82 Å². The summed E-state index contributed by atoms with van der Waals surface area (Å²) in [4.78, 5) is 55.1. The van der Waals surface area contributed by atoms with Crippen molar-refractivity contribution in [2.45, 2.75) is 32.5 Å². The van der Waals surface area contributed by atoms with E-state index >= 15 is 0 Å². The fourth-order valence-corrected chi connectivity index (χ4v) is 4.13. The molecule has 0 unspecified atom stereocenters. The molecule has 0 aliphatic rings. The topological polar surface area (TPSA) is 122 Å². The molecule has 9 nitrogen and oxygen atoms in total. The van der Waals surface area contributed by atoms with Crippen LogP contribution in [0.5, 0.6) is 0 Å². The van der Waals surface area contributed by atoms with E-state index in [1.807, 2.05) is 26.8 Å². The summed E-state index contributed by atoms with van der Waals surface area (Å²) in [6.45, 7) is 5.99. The maximum atomic E-state index is 12.9. The highest BCUT2D eigenvalue weighted by Gasteiger charge is 2.22. The van der Waals surface area contributed by atoms with Gasteiger partial charge >= 0.3 is 5.69 Å². The molecule has 0 amide bonds. The number of carbonyl (C=O) groups excluding carboxylic acids is 1. The molecule has 10 heteroatoms. The molecule has 31 heavy (non-hydrogen) atoms. The summed E-state index contributed by atoms with van der Waals surface area (Å²) in [7, 11) is 2.90. The Morgan fingerprint density at radius 1 is 1.13 bits per heavy atom. The summed E-state index contributed by atoms with van der Waals surface area (Å²) >= 11 is 1.04. The molecular weight excluding hydrogens is 418 g/mol. The van der Waals surface area contributed by atoms with Gasteiger partial charge in [-0.15, -0.1) is 0 Å². The van der Waals surface area contributed by atoms with Crippen LogP contribution in [-0.4, -0.2) is 30.2 Å². The van der Waals surface area contributed by atoms with E-state index in [1.165, 1.54) is 16.2 Å². The Balaban J connectivity index is 1.98. The molecule has 2 heterocycles. The quantitative estimate of drug-likeness (QED) is 0.346. The van der Waals surface area contributed by atoms with Crippen molar-refractivity contribution < 1.29 is 4.79 Å². The number of ketones is 1. The van der Waals surface area contributed by atoms with Crippen LogP contribution in [0.15, 0.2) is 37.7 Å². The summed E-state index contributed by atoms with van der Waals surface area (Å²) in [5.41, 5.74) is 5.81. The van der Waals surface area contributed by atoms with Gasteiger partial charge in [-0.3, -0.25) is 28.1 Å². The number of fused-ring (bicyclic) bond motifs is 1. The third-order valence-electron chi connectivity index (χ3n) is 4.93. The third-order valence-corrected chi connectivity index (χ3v) is 5.96. The summed E-state index contributed by atoms with van der Waals surface area (Å²) in [6, 6.07) is 5.39. The molecule has 0 aliphatic heterocycles. The Bertz CT molecular complexity index is 1370. The van der Waals surface area contributed by atoms with Crippen molar-refractivity contribution in [3.05, 3.63) is 60.5 Å². The predicted molar refractivity (Wildman–Crippen MR) is 122 cm³/mol. The van der Waals surface area contributed by atoms with Crippen molar-refractivity contribution in [3.63, 3.8) is 0 Å². The SMILES string of the molecule is Cc1ccc2nc(SCC(=O)c3c(N)n(CC(C)C)c(=O)n(C)c3=O)n(C)c(=O)c2c1. The van der Waals surface area contributed by atoms with Crippen LogP contribution < -0.4 is 22.5 Å². The number of aromatic nitrogens is 4. The van der Waals surface area contributed by atoms with Crippen molar-refractivity contribution in [1.82, 2.24) is 18.7 Å². The second-order valence-corrected chi connectivity index (χ2v) is 8.84. The number of nitrogen functional groups attached to an aromatic ring is 1. The molecule has 3 rings (SSSR count). The lowest BCUT2D eigenvalue weighted by Gasteiger charge is -2.16. The molecule has 0 atom stereocenters. The molecule has 0 spiro atoms. The molecule has 0 fully saturated rings. The minimum Gasteiger partial charge on any atom is -0.384 e. The van der Waals surface area contributed by atoms with Crippen LogP contribution in [-0.2, 0) is 20.6 Å². The standard InChI is InChI=1S/C21H25N5O4S/c1-11(2)9-26-17(22)16(19(29)25(5)21(26)30)15(27)10-31-20-23-14-7-6-12(3)8-13(14)18(28)24(20)4/h6-8,11H,9-10,22H2,1-5H3. The molecule has 0 aliphatic carbocycles. The Kier molecular flexibility index (Phi) is 6.21. The van der Waals surface area contributed by atoms with Gasteiger partial charge in [0.1, 0.15) is 11.4 Å². The Morgan fingerprint density at radius 3 is 2.45 bits per heavy atom. The largest absolute Gasteiger partial charge is 0.384 e. The lowest BCUT2D eigenvalue weighted by atomic mass is 10.2.